The number of benzene rings is 2. The Hall–Kier alpha value is -2.02. The number of carbonyl (C=O) groups excluding carboxylic acids is 1. The lowest BCUT2D eigenvalue weighted by atomic mass is 9.93. The molecular formula is C47H72IO9PSi3. The first-order valence-electron chi connectivity index (χ1n) is 21.5. The summed E-state index contributed by atoms with van der Waals surface area (Å²) in [4.78, 5) is 32.9. The maximum absolute atomic E-state index is 12.8. The summed E-state index contributed by atoms with van der Waals surface area (Å²) in [6.45, 7) is 26.2. The second-order valence-electron chi connectivity index (χ2n) is 18.6. The highest BCUT2D eigenvalue weighted by atomic mass is 127. The Balaban J connectivity index is 2.03. The van der Waals surface area contributed by atoms with Gasteiger partial charge in [-0.3, -0.25) is 4.52 Å². The molecule has 0 radical (unpaired) electrons. The van der Waals surface area contributed by atoms with Crippen molar-refractivity contribution in [3.63, 3.8) is 0 Å². The first-order valence-corrected chi connectivity index (χ1v) is 31.5. The fraction of sp³-hybridized carbons (Fsp3) is 0.511. The minimum Gasteiger partial charge on any atom is -0.455 e. The van der Waals surface area contributed by atoms with Crippen LogP contribution >= 0.6 is 30.4 Å². The fourth-order valence-corrected chi connectivity index (χ4v) is 17.6. The molecule has 1 aliphatic heterocycles. The first-order chi connectivity index (χ1) is 28.4. The largest absolute Gasteiger partial charge is 0.469 e. The monoisotopic (exact) mass is 1020 g/mol. The van der Waals surface area contributed by atoms with Crippen LogP contribution in [0, 0.1) is 0 Å². The van der Waals surface area contributed by atoms with E-state index in [2.05, 4.69) is 147 Å². The Morgan fingerprint density at radius 1 is 0.902 bits per heavy atom. The van der Waals surface area contributed by atoms with Gasteiger partial charge in [0.2, 0.25) is 0 Å². The summed E-state index contributed by atoms with van der Waals surface area (Å²) in [5.41, 5.74) is -1.30. The van der Waals surface area contributed by atoms with Crippen LogP contribution in [0.2, 0.25) is 41.3 Å². The molecule has 14 heteroatoms. The maximum atomic E-state index is 12.8. The van der Waals surface area contributed by atoms with Gasteiger partial charge in [-0.1, -0.05) is 153 Å². The molecule has 0 saturated carbocycles. The SMILES string of the molecule is CC[Si](CC)(CC)O[C@](C)(/C=C/[C@H]1CC=CC(=O)O1)[C@@H](C[C@H](/C=C(I)/C=C\C=C\CO[Si](c1ccccc1)(c1ccccc1)C(C)(C)C)O[Si](C)(C)C(C)(C)C)OP(=O)(O)O. The number of phosphoric acid groups is 1. The number of hydrogen-bond donors (Lipinski definition) is 2. The summed E-state index contributed by atoms with van der Waals surface area (Å²) in [5.74, 6) is -0.442. The summed E-state index contributed by atoms with van der Waals surface area (Å²) in [6.07, 6.45) is 15.0. The molecule has 1 aliphatic rings. The van der Waals surface area contributed by atoms with E-state index >= 15 is 0 Å². The maximum Gasteiger partial charge on any atom is 0.469 e. The van der Waals surface area contributed by atoms with Crippen molar-refractivity contribution < 1.29 is 41.7 Å². The zero-order valence-corrected chi connectivity index (χ0v) is 44.6. The minimum atomic E-state index is -5.03. The standard InChI is InChI=1S/C47H72IO9PSi3/c1-13-60(14-2,15-3)57-47(10,34-33-39-27-25-32-44(49)54-39)43(55-58(50,51)52)37-40(56-59(11,12)45(4,5)6)36-38(48)26-19-18-24-35-53-61(46(7,8)9,41-28-20-16-21-29-41)42-30-22-17-23-31-42/h16-26,28-34,36,39-40,43H,13-15,27,35,37H2,1-12H3,(H2,50,51,52)/b24-18+,26-19-,34-33+,38-36-/t39-,40+,43-,47-/m1/s1. The number of hydrogen-bond acceptors (Lipinski definition) is 7. The molecule has 9 nitrogen and oxygen atoms in total. The molecule has 2 aromatic carbocycles. The molecule has 2 aromatic rings. The number of halogens is 1. The second-order valence-corrected chi connectivity index (χ2v) is 34.7. The minimum absolute atomic E-state index is 0.0902. The van der Waals surface area contributed by atoms with Crippen LogP contribution in [0.25, 0.3) is 0 Å². The predicted octanol–water partition coefficient (Wildman–Crippen LogP) is 11.5. The van der Waals surface area contributed by atoms with Crippen molar-refractivity contribution in [2.45, 2.75) is 147 Å². The third-order valence-corrected chi connectivity index (χ3v) is 27.7. The molecule has 4 atom stereocenters. The number of carbonyl (C=O) groups is 1. The average molecular weight is 1020 g/mol. The Morgan fingerprint density at radius 2 is 1.46 bits per heavy atom. The Bertz CT molecular complexity index is 1850. The molecule has 0 aromatic heterocycles. The van der Waals surface area contributed by atoms with Crippen LogP contribution in [-0.4, -0.2) is 71.2 Å². The number of esters is 1. The molecule has 0 bridgehead atoms. The van der Waals surface area contributed by atoms with Gasteiger partial charge in [0, 0.05) is 22.5 Å². The molecule has 0 unspecified atom stereocenters. The van der Waals surface area contributed by atoms with Gasteiger partial charge in [-0.15, -0.1) is 0 Å². The molecule has 3 rings (SSSR count). The van der Waals surface area contributed by atoms with Crippen molar-refractivity contribution in [2.24, 2.45) is 0 Å². The summed E-state index contributed by atoms with van der Waals surface area (Å²) in [6, 6.07) is 23.6. The predicted molar refractivity (Wildman–Crippen MR) is 267 cm³/mol. The van der Waals surface area contributed by atoms with Gasteiger partial charge >= 0.3 is 13.8 Å². The molecule has 0 saturated heterocycles. The highest BCUT2D eigenvalue weighted by molar-refractivity contribution is 14.1. The van der Waals surface area contributed by atoms with Crippen molar-refractivity contribution in [1.29, 1.82) is 0 Å². The van der Waals surface area contributed by atoms with Crippen molar-refractivity contribution >= 4 is 71.7 Å². The van der Waals surface area contributed by atoms with E-state index in [0.717, 1.165) is 21.7 Å². The normalized spacial score (nSPS) is 18.5. The van der Waals surface area contributed by atoms with Crippen molar-refractivity contribution in [3.05, 3.63) is 119 Å². The van der Waals surface area contributed by atoms with Gasteiger partial charge in [0.05, 0.1) is 18.3 Å². The van der Waals surface area contributed by atoms with E-state index in [1.807, 2.05) is 49.4 Å². The van der Waals surface area contributed by atoms with E-state index in [1.54, 1.807) is 18.2 Å². The van der Waals surface area contributed by atoms with Crippen LogP contribution in [0.5, 0.6) is 0 Å². The van der Waals surface area contributed by atoms with Gasteiger partial charge < -0.3 is 27.8 Å². The van der Waals surface area contributed by atoms with Crippen LogP contribution in [0.4, 0.5) is 0 Å². The number of allylic oxidation sites excluding steroid dienone is 4. The second kappa shape index (κ2) is 22.7. The van der Waals surface area contributed by atoms with Crippen molar-refractivity contribution in [2.75, 3.05) is 6.61 Å². The highest BCUT2D eigenvalue weighted by Crippen LogP contribution is 2.46. The van der Waals surface area contributed by atoms with E-state index in [0.29, 0.717) is 13.0 Å². The summed E-state index contributed by atoms with van der Waals surface area (Å²) in [7, 11) is -12.6. The van der Waals surface area contributed by atoms with E-state index < -0.39 is 62.7 Å². The lowest BCUT2D eigenvalue weighted by molar-refractivity contribution is -0.141. The molecule has 0 fully saturated rings. The number of cyclic esters (lactones) is 1. The van der Waals surface area contributed by atoms with Crippen LogP contribution in [0.3, 0.4) is 0 Å². The summed E-state index contributed by atoms with van der Waals surface area (Å²) < 4.78 is 46.2. The quantitative estimate of drug-likeness (QED) is 0.0297. The molecule has 0 aliphatic carbocycles. The van der Waals surface area contributed by atoms with Gasteiger partial charge in [0.25, 0.3) is 8.32 Å². The van der Waals surface area contributed by atoms with Crippen LogP contribution in [0.1, 0.15) is 82.1 Å². The van der Waals surface area contributed by atoms with Crippen molar-refractivity contribution in [3.8, 4) is 0 Å². The molecule has 0 amide bonds. The van der Waals surface area contributed by atoms with Gasteiger partial charge in [-0.05, 0) is 99.4 Å². The zero-order valence-electron chi connectivity index (χ0n) is 38.5. The number of rotatable bonds is 22. The number of phosphoric ester groups is 1. The zero-order chi connectivity index (χ0) is 45.8. The molecule has 0 spiro atoms. The lowest BCUT2D eigenvalue weighted by Crippen LogP contribution is -2.66. The van der Waals surface area contributed by atoms with Crippen LogP contribution in [-0.2, 0) is 31.9 Å². The van der Waals surface area contributed by atoms with Gasteiger partial charge in [0.15, 0.2) is 16.6 Å². The average Bonchev–Trinajstić information content (AvgIpc) is 3.18. The third-order valence-electron chi connectivity index (χ3n) is 12.2. The smallest absolute Gasteiger partial charge is 0.455 e. The molecule has 1 heterocycles. The molecule has 61 heavy (non-hydrogen) atoms. The third kappa shape index (κ3) is 15.3. The summed E-state index contributed by atoms with van der Waals surface area (Å²) >= 11 is 2.28. The Morgan fingerprint density at radius 3 is 1.93 bits per heavy atom. The van der Waals surface area contributed by atoms with Gasteiger partial charge in [-0.25, -0.2) is 9.36 Å². The summed E-state index contributed by atoms with van der Waals surface area (Å²) in [5, 5.41) is 2.16. The Labute approximate surface area is 383 Å². The van der Waals surface area contributed by atoms with E-state index in [9.17, 15) is 19.1 Å². The topological polar surface area (TPSA) is 121 Å². The van der Waals surface area contributed by atoms with Crippen LogP contribution < -0.4 is 10.4 Å². The first kappa shape index (κ1) is 53.3. The van der Waals surface area contributed by atoms with E-state index in [-0.39, 0.29) is 16.5 Å². The van der Waals surface area contributed by atoms with E-state index in [4.69, 9.17) is 22.5 Å². The van der Waals surface area contributed by atoms with Crippen LogP contribution in [0.15, 0.2) is 119 Å². The Kier molecular flexibility index (Phi) is 19.9. The lowest BCUT2D eigenvalue weighted by Gasteiger charge is -2.45. The van der Waals surface area contributed by atoms with Gasteiger partial charge in [0.1, 0.15) is 12.2 Å². The van der Waals surface area contributed by atoms with Crippen molar-refractivity contribution in [1.82, 2.24) is 0 Å². The molecular weight excluding hydrogens is 951 g/mol. The highest BCUT2D eigenvalue weighted by Gasteiger charge is 2.50. The fourth-order valence-electron chi connectivity index (χ4n) is 7.50. The molecule has 338 valence electrons. The number of ether oxygens (including phenoxy) is 1. The van der Waals surface area contributed by atoms with E-state index in [1.165, 1.54) is 16.4 Å². The molecule has 2 N–H and O–H groups in total. The van der Waals surface area contributed by atoms with Gasteiger partial charge in [-0.2, -0.15) is 0 Å².